The smallest absolute Gasteiger partial charge is 0.147 e. The number of methoxy groups -OCH3 is 7. The number of hydrogen-bond acceptors (Lipinski definition) is 13. The maximum Gasteiger partial charge on any atom is 0.147 e. The van der Waals surface area contributed by atoms with Gasteiger partial charge in [0, 0.05) is 49.8 Å². The Balaban J connectivity index is 0.000000206. The predicted molar refractivity (Wildman–Crippen MR) is 392 cm³/mol. The van der Waals surface area contributed by atoms with Crippen LogP contribution in [0.3, 0.4) is 0 Å². The molecule has 4 aliphatic heterocycles. The molecule has 1 aliphatic carbocycles. The first-order chi connectivity index (χ1) is 46.8. The van der Waals surface area contributed by atoms with Crippen molar-refractivity contribution < 1.29 is 61.6 Å². The van der Waals surface area contributed by atoms with E-state index >= 15 is 0 Å². The van der Waals surface area contributed by atoms with E-state index in [4.69, 9.17) is 61.6 Å². The van der Waals surface area contributed by atoms with Crippen LogP contribution in [0.4, 0.5) is 0 Å². The third-order valence-electron chi connectivity index (χ3n) is 19.3. The van der Waals surface area contributed by atoms with Gasteiger partial charge in [-0.05, 0) is 122 Å². The Labute approximate surface area is 586 Å². The topological polar surface area (TPSA) is 120 Å². The second-order valence-electron chi connectivity index (χ2n) is 27.5. The summed E-state index contributed by atoms with van der Waals surface area (Å²) < 4.78 is 70.3. The van der Waals surface area contributed by atoms with Gasteiger partial charge in [0.1, 0.15) is 68.5 Å². The van der Waals surface area contributed by atoms with Crippen LogP contribution in [0.15, 0.2) is 164 Å². The summed E-state index contributed by atoms with van der Waals surface area (Å²) in [6.45, 7) is 29.6. The van der Waals surface area contributed by atoms with Crippen molar-refractivity contribution in [3.8, 4) is 0 Å². The maximum absolute atomic E-state index is 5.62. The van der Waals surface area contributed by atoms with Gasteiger partial charge in [-0.1, -0.05) is 249 Å². The monoisotopic (exact) mass is 1340 g/mol. The van der Waals surface area contributed by atoms with Crippen molar-refractivity contribution in [1.82, 2.24) is 0 Å². The van der Waals surface area contributed by atoms with Crippen LogP contribution >= 0.6 is 0 Å². The van der Waals surface area contributed by atoms with E-state index in [1.165, 1.54) is 52.6 Å². The van der Waals surface area contributed by atoms with Crippen molar-refractivity contribution >= 4 is 0 Å². The van der Waals surface area contributed by atoms with E-state index in [0.717, 1.165) is 60.1 Å². The Hall–Kier alpha value is -5.20. The zero-order valence-electron chi connectivity index (χ0n) is 62.6. The number of fused-ring (bicyclic) bond motifs is 2. The molecule has 0 aromatic heterocycles. The van der Waals surface area contributed by atoms with Crippen molar-refractivity contribution in [3.63, 3.8) is 0 Å². The molecule has 6 aromatic carbocycles. The highest BCUT2D eigenvalue weighted by molar-refractivity contribution is 5.29. The minimum atomic E-state index is -0.0985. The van der Waals surface area contributed by atoms with Gasteiger partial charge in [0.05, 0.1) is 38.1 Å². The van der Waals surface area contributed by atoms with Crippen LogP contribution in [0.25, 0.3) is 0 Å². The lowest BCUT2D eigenvalue weighted by Crippen LogP contribution is -2.56. The van der Waals surface area contributed by atoms with Crippen molar-refractivity contribution in [3.05, 3.63) is 214 Å². The van der Waals surface area contributed by atoms with Crippen LogP contribution in [-0.2, 0) is 68.0 Å². The molecule has 11 rings (SSSR count). The average Bonchev–Trinajstić information content (AvgIpc) is 1.81. The van der Waals surface area contributed by atoms with Crippen molar-refractivity contribution in [2.45, 2.75) is 207 Å². The van der Waals surface area contributed by atoms with Crippen molar-refractivity contribution in [2.75, 3.05) is 83.2 Å². The van der Waals surface area contributed by atoms with Gasteiger partial charge in [-0.15, -0.1) is 0 Å². The first-order valence-electron chi connectivity index (χ1n) is 35.5. The van der Waals surface area contributed by atoms with Crippen LogP contribution in [0.1, 0.15) is 181 Å². The van der Waals surface area contributed by atoms with Gasteiger partial charge in [0.25, 0.3) is 0 Å². The molecule has 13 nitrogen and oxygen atoms in total. The molecule has 0 N–H and O–H groups in total. The minimum absolute atomic E-state index is 0.0486. The first-order valence-corrected chi connectivity index (χ1v) is 35.5. The van der Waals surface area contributed by atoms with E-state index in [9.17, 15) is 0 Å². The van der Waals surface area contributed by atoms with Crippen LogP contribution in [0.2, 0.25) is 0 Å². The third-order valence-corrected chi connectivity index (χ3v) is 19.3. The quantitative estimate of drug-likeness (QED) is 0.0766. The highest BCUT2D eigenvalue weighted by atomic mass is 16.8. The zero-order valence-corrected chi connectivity index (χ0v) is 62.6. The summed E-state index contributed by atoms with van der Waals surface area (Å²) in [5.41, 5.74) is 12.0. The summed E-state index contributed by atoms with van der Waals surface area (Å²) in [6, 6.07) is 56.6. The largest absolute Gasteiger partial charge is 0.382 e. The summed E-state index contributed by atoms with van der Waals surface area (Å²) in [5.74, 6) is 3.44. The zero-order chi connectivity index (χ0) is 70.7. The molecule has 0 spiro atoms. The number of hydrogen-bond donors (Lipinski definition) is 0. The van der Waals surface area contributed by atoms with Gasteiger partial charge in [-0.25, -0.2) is 0 Å². The molecule has 0 radical (unpaired) electrons. The standard InChI is InChI=1S/C17H20.C16H18O2.C12H24.C11H16O.C10H18O4.C10H14O2.C8H14O4/c1-13-4-8-16(9-5-13)12-15(3)17-10-6-14(2)7-11-17;1-17-15(13-9-5-3-6-10-13)16(18-2)14-11-7-4-8-12-14;1-9-6-7-11(10(2)8-9)12(3,4)5;1-4-11(12-3)10-7-5-9(2)6-8-10;1-3-7-9-10(14-5-11-7)8(4-2)12-6-13-9;1-11-8-10(12-2)9-6-4-3-5-7-9;1-9-5-3-11-8-6(10-2)4-12-7(5)8/h4-11,15H,12H2,1-3H3;3-12,15-16H,1-2H3;9-11H,6-8H2,1-5H3;5-8,11H,4H2,1-3H3;7-10H,3-6H2,1-2H3;3-7,10H,8H2,1-2H3;5-8H,3-4H2,1-2H3. The molecule has 0 bridgehead atoms. The number of benzene rings is 6. The van der Waals surface area contributed by atoms with Gasteiger partial charge >= 0.3 is 0 Å². The van der Waals surface area contributed by atoms with E-state index < -0.39 is 0 Å². The highest BCUT2D eigenvalue weighted by Gasteiger charge is 2.48. The SMILES string of the molecule is CC1CCC(C(C)(C)C)C(C)C1.CCC(OC)c1ccc(C)cc1.CCC1OCOC2C(CC)OCOC12.COC(c1ccccc1)C(OC)c1ccccc1.COC1COC2C(OC)COC12.COCC(OC)c1ccccc1.Cc1ccc(CC(C)c2ccc(C)cc2)cc1. The van der Waals surface area contributed by atoms with E-state index in [1.54, 1.807) is 49.8 Å². The van der Waals surface area contributed by atoms with Crippen LogP contribution in [0, 0.1) is 43.9 Å². The lowest BCUT2D eigenvalue weighted by molar-refractivity contribution is -0.322. The summed E-state index contributed by atoms with van der Waals surface area (Å²) >= 11 is 0. The van der Waals surface area contributed by atoms with E-state index in [2.05, 4.69) is 180 Å². The summed E-state index contributed by atoms with van der Waals surface area (Å²) in [6.07, 6.45) is 9.23. The molecule has 4 saturated heterocycles. The van der Waals surface area contributed by atoms with Gasteiger partial charge < -0.3 is 61.6 Å². The fraction of sp³-hybridized carbons (Fsp3) is 0.571. The van der Waals surface area contributed by atoms with E-state index in [-0.39, 0.29) is 73.2 Å². The number of aryl methyl sites for hydroxylation is 3. The molecular formula is C84H124O13. The molecule has 4 heterocycles. The molecule has 0 amide bonds. The molecule has 16 unspecified atom stereocenters. The van der Waals surface area contributed by atoms with Crippen molar-refractivity contribution in [2.24, 2.45) is 23.2 Å². The number of ether oxygens (including phenoxy) is 13. The second-order valence-corrected chi connectivity index (χ2v) is 27.5. The fourth-order valence-corrected chi connectivity index (χ4v) is 13.6. The van der Waals surface area contributed by atoms with Gasteiger partial charge in [-0.2, -0.15) is 0 Å². The lowest BCUT2D eigenvalue weighted by atomic mass is 9.65. The molecule has 5 aliphatic rings. The minimum Gasteiger partial charge on any atom is -0.382 e. The second kappa shape index (κ2) is 44.8. The molecule has 16 atom stereocenters. The summed E-state index contributed by atoms with van der Waals surface area (Å²) in [5, 5.41) is 0. The predicted octanol–water partition coefficient (Wildman–Crippen LogP) is 18.7. The third kappa shape index (κ3) is 27.0. The molecule has 5 fully saturated rings. The molecule has 538 valence electrons. The van der Waals surface area contributed by atoms with Gasteiger partial charge in [0.2, 0.25) is 0 Å². The van der Waals surface area contributed by atoms with Crippen LogP contribution in [0.5, 0.6) is 0 Å². The normalized spacial score (nSPS) is 24.7. The van der Waals surface area contributed by atoms with Gasteiger partial charge in [-0.3, -0.25) is 0 Å². The molecule has 1 saturated carbocycles. The Morgan fingerprint density at radius 1 is 0.443 bits per heavy atom. The Morgan fingerprint density at radius 2 is 0.845 bits per heavy atom. The molecule has 6 aromatic rings. The molecular weight excluding hydrogens is 1220 g/mol. The number of rotatable bonds is 19. The summed E-state index contributed by atoms with van der Waals surface area (Å²) in [4.78, 5) is 0. The maximum atomic E-state index is 5.62. The lowest BCUT2D eigenvalue weighted by Gasteiger charge is -2.43. The first kappa shape index (κ1) is 82.5. The van der Waals surface area contributed by atoms with E-state index in [0.29, 0.717) is 44.7 Å². The van der Waals surface area contributed by atoms with Crippen LogP contribution in [-0.4, -0.2) is 132 Å². The van der Waals surface area contributed by atoms with Gasteiger partial charge in [0.15, 0.2) is 0 Å². The molecule has 13 heteroatoms. The molecule has 97 heavy (non-hydrogen) atoms. The highest BCUT2D eigenvalue weighted by Crippen LogP contribution is 2.43. The van der Waals surface area contributed by atoms with E-state index in [1.807, 2.05) is 66.7 Å². The average molecular weight is 1340 g/mol. The fourth-order valence-electron chi connectivity index (χ4n) is 13.6. The Morgan fingerprint density at radius 3 is 1.21 bits per heavy atom. The Bertz CT molecular complexity index is 2840. The van der Waals surface area contributed by atoms with Crippen molar-refractivity contribution in [1.29, 1.82) is 0 Å². The Kier molecular flexibility index (Phi) is 38.1. The summed E-state index contributed by atoms with van der Waals surface area (Å²) in [7, 11) is 11.9. The van der Waals surface area contributed by atoms with Crippen LogP contribution < -0.4 is 0 Å².